The SMILES string of the molecule is CCOC(=O)C1(C(=O)OCC)CCC(=O)C2CCCCC21. The Labute approximate surface area is 125 Å². The van der Waals surface area contributed by atoms with Crippen LogP contribution in [0.3, 0.4) is 0 Å². The normalized spacial score (nSPS) is 27.6. The highest BCUT2D eigenvalue weighted by Crippen LogP contribution is 2.51. The van der Waals surface area contributed by atoms with Gasteiger partial charge in [-0.15, -0.1) is 0 Å². The summed E-state index contributed by atoms with van der Waals surface area (Å²) in [4.78, 5) is 37.3. The van der Waals surface area contributed by atoms with Crippen LogP contribution in [-0.2, 0) is 23.9 Å². The van der Waals surface area contributed by atoms with Crippen LogP contribution in [0.5, 0.6) is 0 Å². The number of carbonyl (C=O) groups excluding carboxylic acids is 3. The second-order valence-corrected chi connectivity index (χ2v) is 5.88. The van der Waals surface area contributed by atoms with E-state index in [9.17, 15) is 14.4 Å². The lowest BCUT2D eigenvalue weighted by molar-refractivity contribution is -0.184. The smallest absolute Gasteiger partial charge is 0.323 e. The van der Waals surface area contributed by atoms with E-state index < -0.39 is 17.4 Å². The lowest BCUT2D eigenvalue weighted by Gasteiger charge is -2.45. The molecule has 2 atom stereocenters. The monoisotopic (exact) mass is 296 g/mol. The highest BCUT2D eigenvalue weighted by molar-refractivity contribution is 6.03. The molecule has 2 aliphatic rings. The van der Waals surface area contributed by atoms with Gasteiger partial charge in [0.25, 0.3) is 0 Å². The molecule has 2 rings (SSSR count). The molecule has 0 heterocycles. The topological polar surface area (TPSA) is 69.7 Å². The molecule has 2 unspecified atom stereocenters. The number of carbonyl (C=O) groups is 3. The molecule has 2 saturated carbocycles. The fourth-order valence-corrected chi connectivity index (χ4v) is 3.91. The van der Waals surface area contributed by atoms with E-state index in [-0.39, 0.29) is 43.7 Å². The van der Waals surface area contributed by atoms with Crippen LogP contribution in [-0.4, -0.2) is 30.9 Å². The molecular weight excluding hydrogens is 272 g/mol. The summed E-state index contributed by atoms with van der Waals surface area (Å²) in [6.07, 6.45) is 3.89. The fraction of sp³-hybridized carbons (Fsp3) is 0.812. The Hall–Kier alpha value is -1.39. The average molecular weight is 296 g/mol. The predicted molar refractivity (Wildman–Crippen MR) is 75.4 cm³/mol. The number of ether oxygens (including phenoxy) is 2. The van der Waals surface area contributed by atoms with Crippen molar-refractivity contribution < 1.29 is 23.9 Å². The Morgan fingerprint density at radius 3 is 2.24 bits per heavy atom. The van der Waals surface area contributed by atoms with E-state index in [0.29, 0.717) is 6.42 Å². The van der Waals surface area contributed by atoms with Crippen LogP contribution in [0.4, 0.5) is 0 Å². The molecule has 5 nitrogen and oxygen atoms in total. The van der Waals surface area contributed by atoms with Crippen molar-refractivity contribution in [2.45, 2.75) is 52.4 Å². The van der Waals surface area contributed by atoms with Crippen molar-refractivity contribution in [2.75, 3.05) is 13.2 Å². The third-order valence-electron chi connectivity index (χ3n) is 4.86. The van der Waals surface area contributed by atoms with Gasteiger partial charge in [-0.2, -0.15) is 0 Å². The summed E-state index contributed by atoms with van der Waals surface area (Å²) in [5.74, 6) is -1.28. The highest BCUT2D eigenvalue weighted by Gasteiger charge is 2.60. The number of fused-ring (bicyclic) bond motifs is 1. The van der Waals surface area contributed by atoms with Crippen LogP contribution in [0.1, 0.15) is 52.4 Å². The number of rotatable bonds is 4. The van der Waals surface area contributed by atoms with Gasteiger partial charge in [-0.25, -0.2) is 0 Å². The third kappa shape index (κ3) is 2.70. The minimum absolute atomic E-state index is 0.184. The van der Waals surface area contributed by atoms with Crippen LogP contribution in [0.15, 0.2) is 0 Å². The van der Waals surface area contributed by atoms with Crippen molar-refractivity contribution in [3.05, 3.63) is 0 Å². The largest absolute Gasteiger partial charge is 0.465 e. The third-order valence-corrected chi connectivity index (χ3v) is 4.86. The maximum Gasteiger partial charge on any atom is 0.323 e. The molecule has 0 saturated heterocycles. The van der Waals surface area contributed by atoms with Crippen molar-refractivity contribution in [1.29, 1.82) is 0 Å². The quantitative estimate of drug-likeness (QED) is 0.588. The zero-order valence-electron chi connectivity index (χ0n) is 12.9. The molecule has 0 aromatic rings. The van der Waals surface area contributed by atoms with Gasteiger partial charge in [0.1, 0.15) is 5.78 Å². The van der Waals surface area contributed by atoms with Crippen molar-refractivity contribution in [3.8, 4) is 0 Å². The number of esters is 2. The zero-order chi connectivity index (χ0) is 15.5. The Morgan fingerprint density at radius 1 is 1.10 bits per heavy atom. The van der Waals surface area contributed by atoms with E-state index in [4.69, 9.17) is 9.47 Å². The van der Waals surface area contributed by atoms with Crippen LogP contribution in [0, 0.1) is 17.3 Å². The summed E-state index contributed by atoms with van der Waals surface area (Å²) in [5, 5.41) is 0. The number of hydrogen-bond donors (Lipinski definition) is 0. The molecule has 0 radical (unpaired) electrons. The molecule has 5 heteroatoms. The summed E-state index contributed by atoms with van der Waals surface area (Å²) in [6.45, 7) is 3.91. The van der Waals surface area contributed by atoms with Crippen molar-refractivity contribution in [3.63, 3.8) is 0 Å². The summed E-state index contributed by atoms with van der Waals surface area (Å²) in [7, 11) is 0. The van der Waals surface area contributed by atoms with Gasteiger partial charge in [-0.1, -0.05) is 12.8 Å². The summed E-state index contributed by atoms with van der Waals surface area (Å²) in [6, 6.07) is 0. The van der Waals surface area contributed by atoms with Crippen molar-refractivity contribution in [1.82, 2.24) is 0 Å². The van der Waals surface area contributed by atoms with E-state index in [0.717, 1.165) is 19.3 Å². The molecule has 0 amide bonds. The molecule has 0 aromatic heterocycles. The first kappa shape index (κ1) is 16.0. The van der Waals surface area contributed by atoms with E-state index in [2.05, 4.69) is 0 Å². The first-order chi connectivity index (χ1) is 10.1. The first-order valence-corrected chi connectivity index (χ1v) is 7.95. The van der Waals surface area contributed by atoms with E-state index >= 15 is 0 Å². The van der Waals surface area contributed by atoms with Crippen LogP contribution in [0.25, 0.3) is 0 Å². The van der Waals surface area contributed by atoms with Crippen molar-refractivity contribution in [2.24, 2.45) is 17.3 Å². The number of ketones is 1. The fourth-order valence-electron chi connectivity index (χ4n) is 3.91. The Balaban J connectivity index is 2.39. The molecule has 118 valence electrons. The Kier molecular flexibility index (Phi) is 5.01. The lowest BCUT2D eigenvalue weighted by atomic mass is 9.56. The second-order valence-electron chi connectivity index (χ2n) is 5.88. The summed E-state index contributed by atoms with van der Waals surface area (Å²) >= 11 is 0. The van der Waals surface area contributed by atoms with Gasteiger partial charge >= 0.3 is 11.9 Å². The average Bonchev–Trinajstić information content (AvgIpc) is 2.48. The summed E-state index contributed by atoms with van der Waals surface area (Å²) in [5.41, 5.74) is -1.27. The molecule has 2 fully saturated rings. The second kappa shape index (κ2) is 6.58. The van der Waals surface area contributed by atoms with Gasteiger partial charge in [0, 0.05) is 12.3 Å². The van der Waals surface area contributed by atoms with Crippen LogP contribution < -0.4 is 0 Å². The number of hydrogen-bond acceptors (Lipinski definition) is 5. The van der Waals surface area contributed by atoms with Gasteiger partial charge in [0.2, 0.25) is 0 Å². The maximum absolute atomic E-state index is 12.6. The molecule has 0 bridgehead atoms. The van der Waals surface area contributed by atoms with Gasteiger partial charge in [-0.05, 0) is 39.0 Å². The maximum atomic E-state index is 12.6. The molecule has 2 aliphatic carbocycles. The first-order valence-electron chi connectivity index (χ1n) is 7.95. The Bertz CT molecular complexity index is 410. The highest BCUT2D eigenvalue weighted by atomic mass is 16.6. The van der Waals surface area contributed by atoms with Crippen molar-refractivity contribution >= 4 is 17.7 Å². The van der Waals surface area contributed by atoms with Gasteiger partial charge in [0.15, 0.2) is 5.41 Å². The van der Waals surface area contributed by atoms with Crippen LogP contribution >= 0.6 is 0 Å². The zero-order valence-corrected chi connectivity index (χ0v) is 12.9. The molecule has 0 N–H and O–H groups in total. The standard InChI is InChI=1S/C16H24O5/c1-3-20-14(18)16(15(19)21-4-2)10-9-13(17)11-7-5-6-8-12(11)16/h11-12H,3-10H2,1-2H3. The lowest BCUT2D eigenvalue weighted by Crippen LogP contribution is -2.55. The minimum Gasteiger partial charge on any atom is -0.465 e. The van der Waals surface area contributed by atoms with E-state index in [1.807, 2.05) is 0 Å². The molecule has 0 spiro atoms. The van der Waals surface area contributed by atoms with Crippen LogP contribution in [0.2, 0.25) is 0 Å². The van der Waals surface area contributed by atoms with Gasteiger partial charge in [-0.3, -0.25) is 14.4 Å². The molecular formula is C16H24O5. The molecule has 0 aromatic carbocycles. The Morgan fingerprint density at radius 2 is 1.67 bits per heavy atom. The molecule has 21 heavy (non-hydrogen) atoms. The summed E-state index contributed by atoms with van der Waals surface area (Å²) < 4.78 is 10.4. The van der Waals surface area contributed by atoms with E-state index in [1.165, 1.54) is 0 Å². The van der Waals surface area contributed by atoms with Gasteiger partial charge < -0.3 is 9.47 Å². The van der Waals surface area contributed by atoms with E-state index in [1.54, 1.807) is 13.8 Å². The number of Topliss-reactive ketones (excluding diaryl/α,β-unsaturated/α-hetero) is 1. The van der Waals surface area contributed by atoms with Gasteiger partial charge in [0.05, 0.1) is 13.2 Å². The minimum atomic E-state index is -1.27. The molecule has 0 aliphatic heterocycles. The predicted octanol–water partition coefficient (Wildman–Crippen LogP) is 2.27.